The molecule has 0 aliphatic heterocycles. The summed E-state index contributed by atoms with van der Waals surface area (Å²) in [6, 6.07) is 26.1. The molecule has 3 aromatic carbocycles. The van der Waals surface area contributed by atoms with Gasteiger partial charge in [-0.1, -0.05) is 72.8 Å². The van der Waals surface area contributed by atoms with Gasteiger partial charge in [0, 0.05) is 22.8 Å². The summed E-state index contributed by atoms with van der Waals surface area (Å²) < 4.78 is 14.3. The fourth-order valence-electron chi connectivity index (χ4n) is 2.75. The zero-order valence-electron chi connectivity index (χ0n) is 13.3. The van der Waals surface area contributed by atoms with Crippen molar-refractivity contribution in [2.45, 2.75) is 6.92 Å². The van der Waals surface area contributed by atoms with E-state index in [0.29, 0.717) is 11.0 Å². The van der Waals surface area contributed by atoms with Crippen LogP contribution in [-0.4, -0.2) is 5.91 Å². The molecule has 4 heteroatoms. The number of benzene rings is 3. The van der Waals surface area contributed by atoms with Gasteiger partial charge in [-0.3, -0.25) is 4.79 Å². The maximum absolute atomic E-state index is 14.3. The number of hydrogen-bond donors (Lipinski definition) is 1. The van der Waals surface area contributed by atoms with Gasteiger partial charge in [0.2, 0.25) is 5.91 Å². The van der Waals surface area contributed by atoms with Crippen molar-refractivity contribution < 1.29 is 9.36 Å². The first kappa shape index (κ1) is 16.2. The Balaban J connectivity index is 2.29. The average Bonchev–Trinajstić information content (AvgIpc) is 2.62. The van der Waals surface area contributed by atoms with Gasteiger partial charge in [0.1, 0.15) is 0 Å². The van der Waals surface area contributed by atoms with Crippen LogP contribution in [0.5, 0.6) is 0 Å². The Kier molecular flexibility index (Phi) is 4.64. The van der Waals surface area contributed by atoms with E-state index in [9.17, 15) is 9.36 Å². The highest BCUT2D eigenvalue weighted by atomic mass is 31.2. The Morgan fingerprint density at radius 2 is 1.21 bits per heavy atom. The van der Waals surface area contributed by atoms with Crippen molar-refractivity contribution in [1.82, 2.24) is 0 Å². The van der Waals surface area contributed by atoms with E-state index in [2.05, 4.69) is 5.32 Å². The SMILES string of the molecule is CC(=O)Nc1ccccc1P(=O)(c1ccccc1)c1ccccc1. The van der Waals surface area contributed by atoms with Crippen LogP contribution in [0.1, 0.15) is 6.92 Å². The predicted molar refractivity (Wildman–Crippen MR) is 100 cm³/mol. The molecule has 3 rings (SSSR count). The molecule has 0 unspecified atom stereocenters. The van der Waals surface area contributed by atoms with Crippen LogP contribution < -0.4 is 21.2 Å². The minimum Gasteiger partial charge on any atom is -0.326 e. The summed E-state index contributed by atoms with van der Waals surface area (Å²) in [7, 11) is -3.08. The van der Waals surface area contributed by atoms with E-state index in [1.165, 1.54) is 6.92 Å². The third-order valence-electron chi connectivity index (χ3n) is 3.79. The quantitative estimate of drug-likeness (QED) is 0.744. The molecular weight excluding hydrogens is 317 g/mol. The van der Waals surface area contributed by atoms with E-state index in [0.717, 1.165) is 10.6 Å². The Bertz CT molecular complexity index is 848. The third-order valence-corrected chi connectivity index (χ3v) is 6.91. The van der Waals surface area contributed by atoms with Crippen molar-refractivity contribution in [2.24, 2.45) is 0 Å². The van der Waals surface area contributed by atoms with Gasteiger partial charge in [0.25, 0.3) is 0 Å². The standard InChI is InChI=1S/C20H18NO2P/c1-16(22)21-19-14-8-9-15-20(19)24(23,17-10-4-2-5-11-17)18-12-6-3-7-13-18/h2-15H,1H3,(H,21,22). The topological polar surface area (TPSA) is 46.2 Å². The monoisotopic (exact) mass is 335 g/mol. The summed E-state index contributed by atoms with van der Waals surface area (Å²) in [5.74, 6) is -0.185. The molecule has 0 bridgehead atoms. The van der Waals surface area contributed by atoms with Gasteiger partial charge in [-0.25, -0.2) is 0 Å². The normalized spacial score (nSPS) is 11.0. The highest BCUT2D eigenvalue weighted by Gasteiger charge is 2.31. The van der Waals surface area contributed by atoms with Crippen LogP contribution in [0.3, 0.4) is 0 Å². The van der Waals surface area contributed by atoms with E-state index < -0.39 is 7.14 Å². The van der Waals surface area contributed by atoms with Gasteiger partial charge in [0.05, 0.1) is 5.69 Å². The molecule has 0 saturated heterocycles. The Morgan fingerprint density at radius 1 is 0.750 bits per heavy atom. The fourth-order valence-corrected chi connectivity index (χ4v) is 5.55. The van der Waals surface area contributed by atoms with Crippen molar-refractivity contribution in [3.05, 3.63) is 84.9 Å². The summed E-state index contributed by atoms with van der Waals surface area (Å²) >= 11 is 0. The van der Waals surface area contributed by atoms with Crippen molar-refractivity contribution in [3.8, 4) is 0 Å². The van der Waals surface area contributed by atoms with Crippen LogP contribution in [0, 0.1) is 0 Å². The van der Waals surface area contributed by atoms with Crippen LogP contribution in [0.4, 0.5) is 5.69 Å². The Hall–Kier alpha value is -2.64. The molecule has 120 valence electrons. The van der Waals surface area contributed by atoms with Crippen molar-refractivity contribution in [2.75, 3.05) is 5.32 Å². The number of hydrogen-bond acceptors (Lipinski definition) is 2. The summed E-state index contributed by atoms with van der Waals surface area (Å²) in [5, 5.41) is 4.93. The zero-order chi connectivity index (χ0) is 17.0. The average molecular weight is 335 g/mol. The van der Waals surface area contributed by atoms with E-state index in [-0.39, 0.29) is 5.91 Å². The molecule has 1 amide bonds. The van der Waals surface area contributed by atoms with Crippen LogP contribution in [0.15, 0.2) is 84.9 Å². The molecule has 3 aromatic rings. The third kappa shape index (κ3) is 3.04. The summed E-state index contributed by atoms with van der Waals surface area (Å²) in [6.45, 7) is 1.45. The molecule has 1 N–H and O–H groups in total. The van der Waals surface area contributed by atoms with Crippen molar-refractivity contribution in [1.29, 1.82) is 0 Å². The minimum atomic E-state index is -3.08. The predicted octanol–water partition coefficient (Wildman–Crippen LogP) is 3.28. The molecule has 0 radical (unpaired) electrons. The second kappa shape index (κ2) is 6.86. The lowest BCUT2D eigenvalue weighted by Gasteiger charge is -2.22. The zero-order valence-corrected chi connectivity index (χ0v) is 14.2. The second-order valence-corrected chi connectivity index (χ2v) is 8.21. The second-order valence-electron chi connectivity index (χ2n) is 5.48. The molecule has 0 fully saturated rings. The van der Waals surface area contributed by atoms with E-state index >= 15 is 0 Å². The van der Waals surface area contributed by atoms with Crippen LogP contribution in [0.2, 0.25) is 0 Å². The number of carbonyl (C=O) groups is 1. The van der Waals surface area contributed by atoms with Crippen LogP contribution >= 0.6 is 7.14 Å². The number of para-hydroxylation sites is 1. The smallest absolute Gasteiger partial charge is 0.221 e. The molecule has 24 heavy (non-hydrogen) atoms. The lowest BCUT2D eigenvalue weighted by Crippen LogP contribution is -2.27. The lowest BCUT2D eigenvalue weighted by molar-refractivity contribution is -0.114. The maximum atomic E-state index is 14.3. The highest BCUT2D eigenvalue weighted by molar-refractivity contribution is 7.85. The molecular formula is C20H18NO2P. The van der Waals surface area contributed by atoms with Gasteiger partial charge >= 0.3 is 0 Å². The number of carbonyl (C=O) groups excluding carboxylic acids is 1. The Labute approximate surface area is 141 Å². The first-order valence-corrected chi connectivity index (χ1v) is 9.41. The van der Waals surface area contributed by atoms with Crippen LogP contribution in [0.25, 0.3) is 0 Å². The molecule has 0 aliphatic rings. The maximum Gasteiger partial charge on any atom is 0.221 e. The van der Waals surface area contributed by atoms with Gasteiger partial charge in [-0.05, 0) is 12.1 Å². The lowest BCUT2D eigenvalue weighted by atomic mass is 10.3. The molecule has 0 spiro atoms. The first-order valence-electron chi connectivity index (χ1n) is 7.71. The van der Waals surface area contributed by atoms with Crippen molar-refractivity contribution >= 4 is 34.7 Å². The fraction of sp³-hybridized carbons (Fsp3) is 0.0500. The molecule has 0 aromatic heterocycles. The van der Waals surface area contributed by atoms with Gasteiger partial charge < -0.3 is 9.88 Å². The summed E-state index contributed by atoms with van der Waals surface area (Å²) in [4.78, 5) is 11.6. The van der Waals surface area contributed by atoms with Gasteiger partial charge in [-0.15, -0.1) is 0 Å². The summed E-state index contributed by atoms with van der Waals surface area (Å²) in [5.41, 5.74) is 0.584. The Morgan fingerprint density at radius 3 is 1.71 bits per heavy atom. The minimum absolute atomic E-state index is 0.185. The number of amides is 1. The molecule has 0 aliphatic carbocycles. The molecule has 3 nitrogen and oxygen atoms in total. The summed E-state index contributed by atoms with van der Waals surface area (Å²) in [6.07, 6.45) is 0. The number of nitrogens with one attached hydrogen (secondary N) is 1. The molecule has 0 atom stereocenters. The van der Waals surface area contributed by atoms with Crippen LogP contribution in [-0.2, 0) is 9.36 Å². The van der Waals surface area contributed by atoms with Crippen molar-refractivity contribution in [3.63, 3.8) is 0 Å². The number of anilines is 1. The molecule has 0 heterocycles. The largest absolute Gasteiger partial charge is 0.326 e. The highest BCUT2D eigenvalue weighted by Crippen LogP contribution is 2.44. The van der Waals surface area contributed by atoms with E-state index in [1.807, 2.05) is 78.9 Å². The van der Waals surface area contributed by atoms with Gasteiger partial charge in [0.15, 0.2) is 7.14 Å². The van der Waals surface area contributed by atoms with E-state index in [1.54, 1.807) is 6.07 Å². The first-order chi connectivity index (χ1) is 11.6. The number of rotatable bonds is 4. The molecule has 0 saturated carbocycles. The van der Waals surface area contributed by atoms with E-state index in [4.69, 9.17) is 0 Å². The van der Waals surface area contributed by atoms with Gasteiger partial charge in [-0.2, -0.15) is 0 Å².